The highest BCUT2D eigenvalue weighted by Crippen LogP contribution is 1.86. The Morgan fingerprint density at radius 3 is 1.82 bits per heavy atom. The Morgan fingerprint density at radius 1 is 1.36 bits per heavy atom. The number of nitrogens with zero attached hydrogens (tertiary/aromatic N) is 2. The fourth-order valence-electron chi connectivity index (χ4n) is 0.177. The summed E-state index contributed by atoms with van der Waals surface area (Å²) in [6.07, 6.45) is 3.62. The first-order chi connectivity index (χ1) is 5.00. The van der Waals surface area contributed by atoms with Crippen LogP contribution in [0.1, 0.15) is 13.8 Å². The maximum Gasteiger partial charge on any atom is 0.0798 e. The molecule has 0 spiro atoms. The minimum Gasteiger partial charge on any atom is -0.312 e. The third kappa shape index (κ3) is 41.0. The SMILES string of the molecule is C/C=C/N=C(C)Br.CN(C)C. The van der Waals surface area contributed by atoms with Gasteiger partial charge in [0.15, 0.2) is 0 Å². The lowest BCUT2D eigenvalue weighted by Gasteiger charge is -1.90. The van der Waals surface area contributed by atoms with Crippen molar-refractivity contribution in [2.45, 2.75) is 13.8 Å². The van der Waals surface area contributed by atoms with Gasteiger partial charge < -0.3 is 4.90 Å². The van der Waals surface area contributed by atoms with Crippen molar-refractivity contribution in [3.63, 3.8) is 0 Å². The average Bonchev–Trinajstić information content (AvgIpc) is 1.82. The number of hydrogen-bond acceptors (Lipinski definition) is 2. The van der Waals surface area contributed by atoms with Crippen LogP contribution in [0.3, 0.4) is 0 Å². The van der Waals surface area contributed by atoms with E-state index in [1.54, 1.807) is 6.20 Å². The van der Waals surface area contributed by atoms with Crippen molar-refractivity contribution in [2.75, 3.05) is 21.1 Å². The molecule has 2 nitrogen and oxygen atoms in total. The monoisotopic (exact) mass is 220 g/mol. The number of aliphatic imine (C=N–C) groups is 1. The van der Waals surface area contributed by atoms with E-state index in [0.717, 1.165) is 4.62 Å². The summed E-state index contributed by atoms with van der Waals surface area (Å²) in [5.41, 5.74) is 0. The molecule has 66 valence electrons. The van der Waals surface area contributed by atoms with Crippen LogP contribution in [-0.4, -0.2) is 30.7 Å². The van der Waals surface area contributed by atoms with E-state index in [1.165, 1.54) is 0 Å². The van der Waals surface area contributed by atoms with Crippen LogP contribution in [0.15, 0.2) is 17.3 Å². The molecule has 0 heterocycles. The first kappa shape index (κ1) is 13.4. The van der Waals surface area contributed by atoms with Crippen LogP contribution >= 0.6 is 15.9 Å². The Balaban J connectivity index is 0. The molecule has 0 unspecified atom stereocenters. The van der Waals surface area contributed by atoms with Crippen molar-refractivity contribution in [1.82, 2.24) is 4.90 Å². The quantitative estimate of drug-likeness (QED) is 0.621. The van der Waals surface area contributed by atoms with Crippen molar-refractivity contribution < 1.29 is 0 Å². The molecule has 0 rings (SSSR count). The molecule has 0 aliphatic rings. The van der Waals surface area contributed by atoms with Gasteiger partial charge in [0.05, 0.1) is 4.62 Å². The van der Waals surface area contributed by atoms with Crippen LogP contribution in [-0.2, 0) is 0 Å². The van der Waals surface area contributed by atoms with Gasteiger partial charge in [0.2, 0.25) is 0 Å². The number of allylic oxidation sites excluding steroid dienone is 1. The Kier molecular flexibility index (Phi) is 12.0. The van der Waals surface area contributed by atoms with E-state index in [-0.39, 0.29) is 0 Å². The molecular weight excluding hydrogens is 204 g/mol. The number of rotatable bonds is 1. The lowest BCUT2D eigenvalue weighted by Crippen LogP contribution is -1.99. The van der Waals surface area contributed by atoms with Crippen LogP contribution < -0.4 is 0 Å². The van der Waals surface area contributed by atoms with Gasteiger partial charge in [0.1, 0.15) is 0 Å². The predicted molar refractivity (Wildman–Crippen MR) is 56.5 cm³/mol. The molecular formula is C8H17BrN2. The molecule has 0 aliphatic heterocycles. The van der Waals surface area contributed by atoms with Crippen LogP contribution in [0.25, 0.3) is 0 Å². The van der Waals surface area contributed by atoms with Crippen molar-refractivity contribution in [2.24, 2.45) is 4.99 Å². The minimum atomic E-state index is 0.908. The fourth-order valence-corrected chi connectivity index (χ4v) is 0.295. The zero-order valence-corrected chi connectivity index (χ0v) is 9.51. The van der Waals surface area contributed by atoms with Gasteiger partial charge >= 0.3 is 0 Å². The molecule has 0 saturated heterocycles. The van der Waals surface area contributed by atoms with Gasteiger partial charge in [0, 0.05) is 6.20 Å². The first-order valence-corrected chi connectivity index (χ1v) is 4.22. The van der Waals surface area contributed by atoms with Gasteiger partial charge in [-0.25, -0.2) is 0 Å². The molecule has 11 heavy (non-hydrogen) atoms. The number of hydrogen-bond donors (Lipinski definition) is 0. The van der Waals surface area contributed by atoms with Crippen molar-refractivity contribution in [3.8, 4) is 0 Å². The van der Waals surface area contributed by atoms with Crippen LogP contribution in [0.5, 0.6) is 0 Å². The molecule has 0 N–H and O–H groups in total. The molecule has 0 aromatic carbocycles. The Morgan fingerprint density at radius 2 is 1.73 bits per heavy atom. The smallest absolute Gasteiger partial charge is 0.0798 e. The van der Waals surface area contributed by atoms with Crippen LogP contribution in [0.2, 0.25) is 0 Å². The van der Waals surface area contributed by atoms with Crippen LogP contribution in [0, 0.1) is 0 Å². The third-order valence-corrected chi connectivity index (χ3v) is 0.606. The van der Waals surface area contributed by atoms with E-state index >= 15 is 0 Å². The molecule has 0 bridgehead atoms. The summed E-state index contributed by atoms with van der Waals surface area (Å²) in [4.78, 5) is 5.90. The summed E-state index contributed by atoms with van der Waals surface area (Å²) in [7, 11) is 6.00. The van der Waals surface area contributed by atoms with E-state index in [4.69, 9.17) is 0 Å². The third-order valence-electron chi connectivity index (χ3n) is 0.402. The minimum absolute atomic E-state index is 0.908. The second-order valence-corrected chi connectivity index (χ2v) is 3.60. The zero-order valence-electron chi connectivity index (χ0n) is 7.93. The zero-order chi connectivity index (χ0) is 9.28. The first-order valence-electron chi connectivity index (χ1n) is 3.42. The van der Waals surface area contributed by atoms with Crippen molar-refractivity contribution >= 4 is 20.6 Å². The lowest BCUT2D eigenvalue weighted by molar-refractivity contribution is 0.505. The summed E-state index contributed by atoms with van der Waals surface area (Å²) >= 11 is 3.17. The standard InChI is InChI=1S/C5H8BrN.C3H9N/c1-3-4-7-5(2)6;1-4(2)3/h3-4H,1-2H3;1-3H3/b4-3+,7-5?;. The highest BCUT2D eigenvalue weighted by Gasteiger charge is 1.69. The van der Waals surface area contributed by atoms with E-state index in [0.29, 0.717) is 0 Å². The average molecular weight is 221 g/mol. The van der Waals surface area contributed by atoms with Gasteiger partial charge in [0.25, 0.3) is 0 Å². The molecule has 0 aliphatic carbocycles. The Hall–Kier alpha value is -0.150. The Labute approximate surface area is 78.1 Å². The summed E-state index contributed by atoms with van der Waals surface area (Å²) in [6, 6.07) is 0. The van der Waals surface area contributed by atoms with E-state index in [9.17, 15) is 0 Å². The summed E-state index contributed by atoms with van der Waals surface area (Å²) < 4.78 is 0.908. The summed E-state index contributed by atoms with van der Waals surface area (Å²) in [6.45, 7) is 3.82. The van der Waals surface area contributed by atoms with Gasteiger partial charge in [-0.05, 0) is 50.9 Å². The fraction of sp³-hybridized carbons (Fsp3) is 0.625. The number of halogens is 1. The van der Waals surface area contributed by atoms with Gasteiger partial charge in [-0.3, -0.25) is 4.99 Å². The molecule has 0 atom stereocenters. The highest BCUT2D eigenvalue weighted by molar-refractivity contribution is 9.18. The second-order valence-electron chi connectivity index (χ2n) is 2.45. The summed E-state index contributed by atoms with van der Waals surface area (Å²) in [5.74, 6) is 0. The second kappa shape index (κ2) is 9.85. The van der Waals surface area contributed by atoms with Crippen molar-refractivity contribution in [1.29, 1.82) is 0 Å². The normalized spacial score (nSPS) is 11.7. The van der Waals surface area contributed by atoms with Gasteiger partial charge in [-0.2, -0.15) is 0 Å². The largest absolute Gasteiger partial charge is 0.312 e. The molecule has 0 amide bonds. The molecule has 3 heteroatoms. The molecule has 0 aromatic heterocycles. The van der Waals surface area contributed by atoms with E-state index in [1.807, 2.05) is 46.0 Å². The maximum absolute atomic E-state index is 3.90. The van der Waals surface area contributed by atoms with E-state index in [2.05, 4.69) is 20.9 Å². The van der Waals surface area contributed by atoms with Crippen LogP contribution in [0.4, 0.5) is 0 Å². The molecule has 0 radical (unpaired) electrons. The lowest BCUT2D eigenvalue weighted by atomic mass is 10.7. The molecule has 0 fully saturated rings. The predicted octanol–water partition coefficient (Wildman–Crippen LogP) is 2.51. The highest BCUT2D eigenvalue weighted by atomic mass is 79.9. The topological polar surface area (TPSA) is 15.6 Å². The Bertz CT molecular complexity index is 121. The van der Waals surface area contributed by atoms with Gasteiger partial charge in [-0.15, -0.1) is 0 Å². The molecule has 0 saturated carbocycles. The van der Waals surface area contributed by atoms with E-state index < -0.39 is 0 Å². The van der Waals surface area contributed by atoms with Gasteiger partial charge in [-0.1, -0.05) is 6.08 Å². The maximum atomic E-state index is 3.90. The van der Waals surface area contributed by atoms with Crippen molar-refractivity contribution in [3.05, 3.63) is 12.3 Å². The summed E-state index contributed by atoms with van der Waals surface area (Å²) in [5, 5.41) is 0. The molecule has 0 aromatic rings.